The summed E-state index contributed by atoms with van der Waals surface area (Å²) in [5.74, 6) is 0. The zero-order valence-electron chi connectivity index (χ0n) is 44.1. The van der Waals surface area contributed by atoms with Gasteiger partial charge in [0.25, 0.3) is 0 Å². The molecule has 4 nitrogen and oxygen atoms in total. The number of benzene rings is 12. The number of fused-ring (bicyclic) bond motifs is 6. The summed E-state index contributed by atoms with van der Waals surface area (Å²) in [7, 11) is -1.81. The molecule has 0 fully saturated rings. The second-order valence-electron chi connectivity index (χ2n) is 21.8. The first-order valence-corrected chi connectivity index (χ1v) is 31.1. The summed E-state index contributed by atoms with van der Waals surface area (Å²) >= 11 is 1.89. The van der Waals surface area contributed by atoms with E-state index in [2.05, 4.69) is 275 Å². The highest BCUT2D eigenvalue weighted by molar-refractivity contribution is 7.99. The van der Waals surface area contributed by atoms with Gasteiger partial charge in [-0.1, -0.05) is 209 Å². The van der Waals surface area contributed by atoms with Gasteiger partial charge >= 0.3 is 0 Å². The molecule has 0 saturated carbocycles. The molecule has 0 amide bonds. The van der Waals surface area contributed by atoms with Crippen molar-refractivity contribution in [3.8, 4) is 22.3 Å². The van der Waals surface area contributed by atoms with Crippen LogP contribution in [0.3, 0.4) is 0 Å². The van der Waals surface area contributed by atoms with Gasteiger partial charge in [-0.2, -0.15) is 0 Å². The van der Waals surface area contributed by atoms with E-state index in [0.717, 1.165) is 111 Å². The third-order valence-corrected chi connectivity index (χ3v) is 18.4. The maximum absolute atomic E-state index is 7.11. The second kappa shape index (κ2) is 18.3. The molecule has 0 radical (unpaired) electrons. The fraction of sp³-hybridized carbons (Fsp3) is 0.0986. The molecule has 0 aliphatic heterocycles. The molecule has 0 unspecified atom stereocenters. The highest BCUT2D eigenvalue weighted by Gasteiger charge is 2.31. The largest absolute Gasteiger partial charge is 0.454 e. The van der Waals surface area contributed by atoms with Crippen molar-refractivity contribution < 1.29 is 8.83 Å². The predicted molar refractivity (Wildman–Crippen MR) is 334 cm³/mol. The lowest BCUT2D eigenvalue weighted by atomic mass is 9.90. The van der Waals surface area contributed by atoms with Gasteiger partial charge in [0.1, 0.15) is 11.2 Å². The lowest BCUT2D eigenvalue weighted by molar-refractivity contribution is 0.669. The van der Waals surface area contributed by atoms with Crippen LogP contribution in [-0.2, 0) is 0 Å². The number of furan rings is 2. The second-order valence-corrected chi connectivity index (χ2v) is 28.6. The Hall–Kier alpha value is -8.55. The van der Waals surface area contributed by atoms with Crippen molar-refractivity contribution in [2.75, 3.05) is 9.80 Å². The molecule has 372 valence electrons. The molecule has 0 aliphatic carbocycles. The van der Waals surface area contributed by atoms with Crippen molar-refractivity contribution in [3.63, 3.8) is 0 Å². The van der Waals surface area contributed by atoms with Crippen molar-refractivity contribution in [2.24, 2.45) is 0 Å². The topological polar surface area (TPSA) is 32.8 Å². The Morgan fingerprint density at radius 3 is 1.39 bits per heavy atom. The molecule has 14 rings (SSSR count). The van der Waals surface area contributed by atoms with E-state index in [1.807, 2.05) is 11.8 Å². The number of rotatable bonds is 11. The molecule has 0 atom stereocenters. The summed E-state index contributed by atoms with van der Waals surface area (Å²) in [6, 6.07) is 82.8. The van der Waals surface area contributed by atoms with E-state index in [-0.39, 0.29) is 0 Å². The van der Waals surface area contributed by atoms with Crippen molar-refractivity contribution in [1.82, 2.24) is 0 Å². The quantitative estimate of drug-likeness (QED) is 0.0732. The van der Waals surface area contributed by atoms with Crippen LogP contribution in [0.1, 0.15) is 19.4 Å². The summed E-state index contributed by atoms with van der Waals surface area (Å²) in [6.45, 7) is 14.1. The SMILES string of the molecule is Cc1cc2ccc3c(N(c4ccc(SC(C)C)cc4-c4ccccc4)c4cccc5c4oc4ccccc45)cc(N(c4ccc([Si](C)(C)C)cc4-c4ccccc4)c4cccc5c4oc4ccccc45)c4ccc(c1)c2c34. The standard InChI is InChI=1S/C71H56N2O2SSi/c1-44(2)76-50-33-37-60(58(41-50)46-19-9-7-10-20-46)72(62-27-17-25-54-52-23-13-15-29-66(52)74-70(54)62)64-43-65(57-36-32-49-40-45(3)39-48-31-35-56(64)69(57)68(48)49)73(63-28-18-26-55-53-24-14-16-30-67(53)75-71(55)63)61-38-34-51(77(4,5)6)42-59(61)47-21-11-8-12-22-47/h7-44H,1-6H3. The summed E-state index contributed by atoms with van der Waals surface area (Å²) in [5, 5.41) is 13.2. The Bertz CT molecular complexity index is 4570. The fourth-order valence-corrected chi connectivity index (χ4v) is 14.0. The molecule has 6 heteroatoms. The number of para-hydroxylation sites is 4. The lowest BCUT2D eigenvalue weighted by Gasteiger charge is -2.34. The van der Waals surface area contributed by atoms with Crippen molar-refractivity contribution in [1.29, 1.82) is 0 Å². The average molecular weight is 1030 g/mol. The van der Waals surface area contributed by atoms with Gasteiger partial charge in [0, 0.05) is 59.0 Å². The summed E-state index contributed by atoms with van der Waals surface area (Å²) in [5.41, 5.74) is 15.3. The minimum Gasteiger partial charge on any atom is -0.454 e. The van der Waals surface area contributed by atoms with Gasteiger partial charge < -0.3 is 18.6 Å². The molecular weight excluding hydrogens is 973 g/mol. The van der Waals surface area contributed by atoms with E-state index in [4.69, 9.17) is 8.83 Å². The fourth-order valence-electron chi connectivity index (χ4n) is 12.0. The first kappa shape index (κ1) is 46.9. The molecule has 12 aromatic carbocycles. The Labute approximate surface area is 454 Å². The third-order valence-electron chi connectivity index (χ3n) is 15.4. The summed E-state index contributed by atoms with van der Waals surface area (Å²) in [4.78, 5) is 6.24. The van der Waals surface area contributed by atoms with Gasteiger partial charge in [0.2, 0.25) is 0 Å². The lowest BCUT2D eigenvalue weighted by Crippen LogP contribution is -2.37. The van der Waals surface area contributed by atoms with E-state index in [1.165, 1.54) is 37.2 Å². The molecule has 2 aromatic heterocycles. The number of anilines is 6. The first-order valence-electron chi connectivity index (χ1n) is 26.7. The molecule has 2 heterocycles. The van der Waals surface area contributed by atoms with Gasteiger partial charge in [-0.15, -0.1) is 11.8 Å². The van der Waals surface area contributed by atoms with Crippen molar-refractivity contribution in [3.05, 3.63) is 230 Å². The van der Waals surface area contributed by atoms with E-state index >= 15 is 0 Å². The van der Waals surface area contributed by atoms with Gasteiger partial charge in [-0.3, -0.25) is 0 Å². The van der Waals surface area contributed by atoms with E-state index in [0.29, 0.717) is 5.25 Å². The van der Waals surface area contributed by atoms with Crippen molar-refractivity contribution in [2.45, 2.75) is 50.6 Å². The van der Waals surface area contributed by atoms with Crippen LogP contribution in [0.2, 0.25) is 19.6 Å². The smallest absolute Gasteiger partial charge is 0.159 e. The highest BCUT2D eigenvalue weighted by Crippen LogP contribution is 2.55. The Morgan fingerprint density at radius 1 is 0.390 bits per heavy atom. The van der Waals surface area contributed by atoms with Crippen LogP contribution in [0, 0.1) is 6.92 Å². The van der Waals surface area contributed by atoms with Crippen LogP contribution < -0.4 is 15.0 Å². The van der Waals surface area contributed by atoms with Crippen LogP contribution in [0.5, 0.6) is 0 Å². The van der Waals surface area contributed by atoms with Crippen molar-refractivity contribution >= 4 is 135 Å². The molecule has 0 N–H and O–H groups in total. The zero-order valence-corrected chi connectivity index (χ0v) is 45.9. The third kappa shape index (κ3) is 7.88. The van der Waals surface area contributed by atoms with E-state index in [1.54, 1.807) is 0 Å². The molecule has 14 aromatic rings. The van der Waals surface area contributed by atoms with Crippen LogP contribution >= 0.6 is 11.8 Å². The van der Waals surface area contributed by atoms with Gasteiger partial charge in [0.15, 0.2) is 11.2 Å². The normalized spacial score (nSPS) is 12.2. The van der Waals surface area contributed by atoms with E-state index in [9.17, 15) is 0 Å². The average Bonchev–Trinajstić information content (AvgIpc) is 4.18. The zero-order chi connectivity index (χ0) is 52.1. The minimum atomic E-state index is -1.81. The number of nitrogens with zero attached hydrogens (tertiary/aromatic N) is 2. The Balaban J connectivity index is 1.18. The number of hydrogen-bond acceptors (Lipinski definition) is 5. The molecule has 0 bridgehead atoms. The monoisotopic (exact) mass is 1030 g/mol. The van der Waals surface area contributed by atoms with Gasteiger partial charge in [-0.25, -0.2) is 0 Å². The summed E-state index contributed by atoms with van der Waals surface area (Å²) < 4.78 is 14.2. The Morgan fingerprint density at radius 2 is 0.870 bits per heavy atom. The maximum Gasteiger partial charge on any atom is 0.159 e. The van der Waals surface area contributed by atoms with Crippen LogP contribution in [0.25, 0.3) is 98.4 Å². The maximum atomic E-state index is 7.11. The number of aryl methyl sites for hydroxylation is 1. The van der Waals surface area contributed by atoms with Gasteiger partial charge in [-0.05, 0) is 94.4 Å². The van der Waals surface area contributed by atoms with Crippen LogP contribution in [-0.4, -0.2) is 13.3 Å². The molecule has 0 saturated heterocycles. The molecule has 77 heavy (non-hydrogen) atoms. The van der Waals surface area contributed by atoms with Crippen LogP contribution in [0.4, 0.5) is 34.1 Å². The molecular formula is C71H56N2O2SSi. The minimum absolute atomic E-state index is 0.399. The molecule has 0 spiro atoms. The first-order chi connectivity index (χ1) is 37.6. The number of thioether (sulfide) groups is 1. The highest BCUT2D eigenvalue weighted by atomic mass is 32.2. The van der Waals surface area contributed by atoms with Crippen LogP contribution in [0.15, 0.2) is 238 Å². The van der Waals surface area contributed by atoms with E-state index < -0.39 is 8.07 Å². The predicted octanol–water partition coefficient (Wildman–Crippen LogP) is 21.0. The number of hydrogen-bond donors (Lipinski definition) is 0. The Kier molecular flexibility index (Phi) is 11.2. The molecule has 0 aliphatic rings. The summed E-state index contributed by atoms with van der Waals surface area (Å²) in [6.07, 6.45) is 0. The van der Waals surface area contributed by atoms with Gasteiger partial charge in [0.05, 0.1) is 42.2 Å².